The smallest absolute Gasteiger partial charge is 0.0681 e. The predicted octanol–water partition coefficient (Wildman–Crippen LogP) is 5.06. The molecule has 0 aliphatic heterocycles. The molecule has 4 nitrogen and oxygen atoms in total. The van der Waals surface area contributed by atoms with E-state index in [-0.39, 0.29) is 0 Å². The molecule has 0 amide bonds. The molecule has 2 aromatic carbocycles. The first-order valence-electron chi connectivity index (χ1n) is 11.1. The highest BCUT2D eigenvalue weighted by Crippen LogP contribution is 2.29. The Morgan fingerprint density at radius 3 is 2.47 bits per heavy atom. The van der Waals surface area contributed by atoms with Crippen LogP contribution >= 0.6 is 0 Å². The van der Waals surface area contributed by atoms with Crippen LogP contribution in [-0.4, -0.2) is 40.6 Å². The summed E-state index contributed by atoms with van der Waals surface area (Å²) in [6.07, 6.45) is 3.21. The summed E-state index contributed by atoms with van der Waals surface area (Å²) in [5.74, 6) is 0. The summed E-state index contributed by atoms with van der Waals surface area (Å²) in [6.45, 7) is 10.5. The molecular formula is C26H32N4. The first-order valence-corrected chi connectivity index (χ1v) is 11.1. The summed E-state index contributed by atoms with van der Waals surface area (Å²) >= 11 is 0. The lowest BCUT2D eigenvalue weighted by molar-refractivity contribution is 0.298. The molecule has 0 fully saturated rings. The zero-order chi connectivity index (χ0) is 20.8. The van der Waals surface area contributed by atoms with Crippen molar-refractivity contribution in [2.24, 2.45) is 0 Å². The van der Waals surface area contributed by atoms with Crippen molar-refractivity contribution in [2.75, 3.05) is 26.2 Å². The van der Waals surface area contributed by atoms with Crippen LogP contribution in [0.3, 0.4) is 0 Å². The van der Waals surface area contributed by atoms with E-state index < -0.39 is 0 Å². The third-order valence-corrected chi connectivity index (χ3v) is 5.93. The summed E-state index contributed by atoms with van der Waals surface area (Å²) in [6, 6.07) is 21.6. The molecule has 0 unspecified atom stereocenters. The molecule has 4 rings (SSSR count). The zero-order valence-electron chi connectivity index (χ0n) is 18.1. The van der Waals surface area contributed by atoms with Crippen LogP contribution in [0.25, 0.3) is 21.8 Å². The first-order chi connectivity index (χ1) is 14.8. The highest BCUT2D eigenvalue weighted by molar-refractivity contribution is 6.07. The quantitative estimate of drug-likeness (QED) is 0.378. The average Bonchev–Trinajstić information content (AvgIpc) is 3.10. The number of hydrogen-bond acceptors (Lipinski definition) is 3. The summed E-state index contributed by atoms with van der Waals surface area (Å²) in [7, 11) is 0. The summed E-state index contributed by atoms with van der Waals surface area (Å²) in [4.78, 5) is 7.24. The van der Waals surface area contributed by atoms with Crippen LogP contribution in [0.5, 0.6) is 0 Å². The maximum atomic E-state index is 4.78. The largest absolute Gasteiger partial charge is 0.335 e. The summed E-state index contributed by atoms with van der Waals surface area (Å²) < 4.78 is 2.38. The van der Waals surface area contributed by atoms with Gasteiger partial charge < -0.3 is 14.8 Å². The molecule has 0 bridgehead atoms. The van der Waals surface area contributed by atoms with Crippen LogP contribution in [0.2, 0.25) is 0 Å². The van der Waals surface area contributed by atoms with Gasteiger partial charge in [-0.3, -0.25) is 4.98 Å². The van der Waals surface area contributed by atoms with Crippen molar-refractivity contribution >= 4 is 21.8 Å². The highest BCUT2D eigenvalue weighted by Gasteiger charge is 2.12. The van der Waals surface area contributed by atoms with Crippen LogP contribution in [0.1, 0.15) is 31.5 Å². The molecule has 2 heterocycles. The minimum Gasteiger partial charge on any atom is -0.335 e. The number of aromatic nitrogens is 2. The lowest BCUT2D eigenvalue weighted by atomic mass is 10.1. The number of nitrogens with one attached hydrogen (secondary N) is 1. The number of hydrogen-bond donors (Lipinski definition) is 1. The molecule has 1 N–H and O–H groups in total. The fourth-order valence-corrected chi connectivity index (χ4v) is 4.21. The molecule has 0 aliphatic rings. The van der Waals surface area contributed by atoms with Crippen molar-refractivity contribution in [1.29, 1.82) is 0 Å². The maximum absolute atomic E-state index is 4.78. The van der Waals surface area contributed by atoms with Crippen molar-refractivity contribution in [3.8, 4) is 0 Å². The normalized spacial score (nSPS) is 11.7. The zero-order valence-corrected chi connectivity index (χ0v) is 18.1. The van der Waals surface area contributed by atoms with Crippen molar-refractivity contribution in [1.82, 2.24) is 19.8 Å². The van der Waals surface area contributed by atoms with Gasteiger partial charge in [0, 0.05) is 29.4 Å². The van der Waals surface area contributed by atoms with Crippen LogP contribution < -0.4 is 5.32 Å². The number of fused-ring (bicyclic) bond motifs is 3. The fraction of sp³-hybridized carbons (Fsp3) is 0.346. The van der Waals surface area contributed by atoms with E-state index in [0.717, 1.165) is 45.0 Å². The van der Waals surface area contributed by atoms with E-state index in [9.17, 15) is 0 Å². The van der Waals surface area contributed by atoms with Gasteiger partial charge in [0.2, 0.25) is 0 Å². The third-order valence-electron chi connectivity index (χ3n) is 5.93. The van der Waals surface area contributed by atoms with Crippen LogP contribution in [0.4, 0.5) is 0 Å². The van der Waals surface area contributed by atoms with Gasteiger partial charge in [-0.1, -0.05) is 62.4 Å². The lowest BCUT2D eigenvalue weighted by Crippen LogP contribution is -2.27. The Balaban J connectivity index is 1.52. The molecule has 0 spiro atoms. The van der Waals surface area contributed by atoms with Gasteiger partial charge in [0.1, 0.15) is 0 Å². The molecule has 2 aromatic heterocycles. The van der Waals surface area contributed by atoms with E-state index in [1.54, 1.807) is 0 Å². The molecular weight excluding hydrogens is 368 g/mol. The molecule has 30 heavy (non-hydrogen) atoms. The fourth-order valence-electron chi connectivity index (χ4n) is 4.21. The van der Waals surface area contributed by atoms with Gasteiger partial charge in [0.15, 0.2) is 0 Å². The number of rotatable bonds is 10. The minimum absolute atomic E-state index is 0.812. The van der Waals surface area contributed by atoms with E-state index in [2.05, 4.69) is 89.3 Å². The number of benzene rings is 2. The van der Waals surface area contributed by atoms with Crippen LogP contribution in [0.15, 0.2) is 66.9 Å². The average molecular weight is 401 g/mol. The molecule has 4 aromatic rings. The third kappa shape index (κ3) is 4.55. The monoisotopic (exact) mass is 400 g/mol. The number of nitrogens with zero attached hydrogens (tertiary/aromatic N) is 3. The topological polar surface area (TPSA) is 33.1 Å². The summed E-state index contributed by atoms with van der Waals surface area (Å²) in [5.41, 5.74) is 4.87. The molecule has 0 saturated carbocycles. The Morgan fingerprint density at radius 2 is 1.67 bits per heavy atom. The van der Waals surface area contributed by atoms with E-state index in [1.807, 2.05) is 6.20 Å². The maximum Gasteiger partial charge on any atom is 0.0681 e. The Labute approximate surface area is 179 Å². The standard InChI is InChI=1S/C26H32N4/c1-3-29(4-2)16-10-15-27-18-22-17-24-23-13-8-9-14-25(23)30(26(24)19-28-22)20-21-11-6-5-7-12-21/h5-9,11-14,17,19,27H,3-4,10,15-16,18,20H2,1-2H3. The Kier molecular flexibility index (Phi) is 6.77. The Bertz CT molecular complexity index is 1080. The van der Waals surface area contributed by atoms with E-state index in [1.165, 1.54) is 33.8 Å². The Hall–Kier alpha value is -2.69. The van der Waals surface area contributed by atoms with Gasteiger partial charge in [-0.05, 0) is 50.3 Å². The van der Waals surface area contributed by atoms with E-state index >= 15 is 0 Å². The second-order valence-corrected chi connectivity index (χ2v) is 7.84. The van der Waals surface area contributed by atoms with Crippen molar-refractivity contribution in [3.05, 3.63) is 78.1 Å². The predicted molar refractivity (Wildman–Crippen MR) is 127 cm³/mol. The van der Waals surface area contributed by atoms with Crippen LogP contribution in [0, 0.1) is 0 Å². The van der Waals surface area contributed by atoms with Gasteiger partial charge in [-0.25, -0.2) is 0 Å². The van der Waals surface area contributed by atoms with Gasteiger partial charge >= 0.3 is 0 Å². The van der Waals surface area contributed by atoms with Gasteiger partial charge in [-0.2, -0.15) is 0 Å². The second-order valence-electron chi connectivity index (χ2n) is 7.84. The first kappa shape index (κ1) is 20.6. The van der Waals surface area contributed by atoms with Crippen molar-refractivity contribution < 1.29 is 0 Å². The molecule has 0 saturated heterocycles. The minimum atomic E-state index is 0.812. The van der Waals surface area contributed by atoms with Gasteiger partial charge in [-0.15, -0.1) is 0 Å². The number of para-hydroxylation sites is 1. The van der Waals surface area contributed by atoms with E-state index in [0.29, 0.717) is 0 Å². The summed E-state index contributed by atoms with van der Waals surface area (Å²) in [5, 5.41) is 6.16. The van der Waals surface area contributed by atoms with E-state index in [4.69, 9.17) is 4.98 Å². The highest BCUT2D eigenvalue weighted by atomic mass is 15.1. The molecule has 0 atom stereocenters. The molecule has 156 valence electrons. The van der Waals surface area contributed by atoms with Crippen molar-refractivity contribution in [3.63, 3.8) is 0 Å². The molecule has 0 radical (unpaired) electrons. The van der Waals surface area contributed by atoms with Gasteiger partial charge in [0.05, 0.1) is 17.4 Å². The van der Waals surface area contributed by atoms with Gasteiger partial charge in [0.25, 0.3) is 0 Å². The van der Waals surface area contributed by atoms with Crippen molar-refractivity contribution in [2.45, 2.75) is 33.4 Å². The SMILES string of the molecule is CCN(CC)CCCNCc1cc2c3ccccc3n(Cc3ccccc3)c2cn1. The second kappa shape index (κ2) is 9.88. The molecule has 4 heteroatoms. The number of pyridine rings is 1. The molecule has 0 aliphatic carbocycles. The Morgan fingerprint density at radius 1 is 0.900 bits per heavy atom. The lowest BCUT2D eigenvalue weighted by Gasteiger charge is -2.17. The van der Waals surface area contributed by atoms with Crippen LogP contribution in [-0.2, 0) is 13.1 Å².